The number of ether oxygens (including phenoxy) is 1. The first kappa shape index (κ1) is 36.5. The first-order valence-corrected chi connectivity index (χ1v) is 15.5. The number of benzene rings is 1. The maximum Gasteiger partial charge on any atom is 0.262 e. The van der Waals surface area contributed by atoms with E-state index in [0.717, 1.165) is 10.6 Å². The molecule has 6 amide bonds. The van der Waals surface area contributed by atoms with Crippen LogP contribution in [0.5, 0.6) is 0 Å². The van der Waals surface area contributed by atoms with E-state index in [1.807, 2.05) is 6.07 Å². The summed E-state index contributed by atoms with van der Waals surface area (Å²) in [6, 6.07) is 4.64. The van der Waals surface area contributed by atoms with Crippen LogP contribution in [0.4, 0.5) is 0 Å². The largest absolute Gasteiger partial charge is 0.390 e. The Morgan fingerprint density at radius 1 is 1.02 bits per heavy atom. The number of hydrogen-bond acceptors (Lipinski definition) is 10. The van der Waals surface area contributed by atoms with Crippen molar-refractivity contribution in [2.24, 2.45) is 11.8 Å². The molecule has 2 saturated heterocycles. The van der Waals surface area contributed by atoms with Crippen molar-refractivity contribution in [3.63, 3.8) is 0 Å². The summed E-state index contributed by atoms with van der Waals surface area (Å²) in [7, 11) is 1.32. The minimum atomic E-state index is -1.41. The van der Waals surface area contributed by atoms with Gasteiger partial charge in [-0.2, -0.15) is 0 Å². The fraction of sp³-hybridized carbons (Fsp3) is 0.613. The van der Waals surface area contributed by atoms with Gasteiger partial charge in [-0.05, 0) is 37.2 Å². The molecular formula is C31H46N6O9. The van der Waals surface area contributed by atoms with E-state index >= 15 is 0 Å². The van der Waals surface area contributed by atoms with Crippen LogP contribution in [0.2, 0.25) is 0 Å². The summed E-state index contributed by atoms with van der Waals surface area (Å²) >= 11 is 0. The topological polar surface area (TPSA) is 216 Å². The van der Waals surface area contributed by atoms with Crippen molar-refractivity contribution in [3.05, 3.63) is 35.9 Å². The van der Waals surface area contributed by atoms with Gasteiger partial charge in [0.1, 0.15) is 24.7 Å². The predicted octanol–water partition coefficient (Wildman–Crippen LogP) is -1.72. The van der Waals surface area contributed by atoms with E-state index in [9.17, 15) is 39.0 Å². The number of aliphatic hydroxyl groups excluding tert-OH is 2. The van der Waals surface area contributed by atoms with Gasteiger partial charge in [0.25, 0.3) is 5.91 Å². The van der Waals surface area contributed by atoms with Gasteiger partial charge in [0.05, 0.1) is 24.2 Å². The van der Waals surface area contributed by atoms with Crippen LogP contribution in [0, 0.1) is 11.8 Å². The van der Waals surface area contributed by atoms with Crippen molar-refractivity contribution in [1.82, 2.24) is 31.7 Å². The van der Waals surface area contributed by atoms with Crippen molar-refractivity contribution in [3.8, 4) is 0 Å². The second-order valence-corrected chi connectivity index (χ2v) is 12.1. The lowest BCUT2D eigenvalue weighted by Crippen LogP contribution is -2.66. The van der Waals surface area contributed by atoms with Gasteiger partial charge in [0, 0.05) is 20.1 Å². The smallest absolute Gasteiger partial charge is 0.262 e. The third kappa shape index (κ3) is 9.79. The monoisotopic (exact) mass is 646 g/mol. The lowest BCUT2D eigenvalue weighted by Gasteiger charge is -2.39. The number of amides is 6. The number of hydrogen-bond donors (Lipinski definition) is 7. The first-order valence-electron chi connectivity index (χ1n) is 15.5. The van der Waals surface area contributed by atoms with E-state index in [2.05, 4.69) is 26.7 Å². The summed E-state index contributed by atoms with van der Waals surface area (Å²) in [5.74, 6) is -5.13. The molecule has 0 bridgehead atoms. The van der Waals surface area contributed by atoms with E-state index in [-0.39, 0.29) is 32.3 Å². The third-order valence-electron chi connectivity index (χ3n) is 8.19. The highest BCUT2D eigenvalue weighted by Gasteiger charge is 2.42. The van der Waals surface area contributed by atoms with Crippen molar-refractivity contribution in [2.75, 3.05) is 20.3 Å². The lowest BCUT2D eigenvalue weighted by atomic mass is 9.91. The van der Waals surface area contributed by atoms with Crippen LogP contribution in [0.1, 0.15) is 52.0 Å². The number of methoxy groups -OCH3 is 1. The number of imide groups is 1. The molecule has 1 aromatic rings. The number of carbonyl (C=O) groups excluding carboxylic acids is 6. The van der Waals surface area contributed by atoms with Gasteiger partial charge < -0.3 is 30.9 Å². The lowest BCUT2D eigenvalue weighted by molar-refractivity contribution is -0.153. The molecule has 7 N–H and O–H groups in total. The first-order chi connectivity index (χ1) is 21.8. The normalized spacial score (nSPS) is 21.8. The zero-order valence-corrected chi connectivity index (χ0v) is 26.7. The van der Waals surface area contributed by atoms with E-state index in [4.69, 9.17) is 4.74 Å². The molecule has 0 unspecified atom stereocenters. The van der Waals surface area contributed by atoms with Crippen molar-refractivity contribution < 1.29 is 43.7 Å². The number of piperidine rings is 1. The maximum absolute atomic E-state index is 13.8. The Bertz CT molecular complexity index is 1250. The number of hydrazine groups is 1. The molecule has 2 fully saturated rings. The highest BCUT2D eigenvalue weighted by molar-refractivity contribution is 6.01. The highest BCUT2D eigenvalue weighted by Crippen LogP contribution is 2.19. The molecule has 0 spiro atoms. The Labute approximate surface area is 268 Å². The van der Waals surface area contributed by atoms with Gasteiger partial charge in [-0.1, -0.05) is 51.1 Å². The predicted molar refractivity (Wildman–Crippen MR) is 164 cm³/mol. The average Bonchev–Trinajstić information content (AvgIpc) is 3.03. The van der Waals surface area contributed by atoms with Crippen LogP contribution in [0.15, 0.2) is 30.3 Å². The summed E-state index contributed by atoms with van der Waals surface area (Å²) in [6.07, 6.45) is -1.57. The quantitative estimate of drug-likeness (QED) is 0.113. The molecule has 0 radical (unpaired) electrons. The molecule has 2 heterocycles. The highest BCUT2D eigenvalue weighted by atomic mass is 16.5. The van der Waals surface area contributed by atoms with Crippen LogP contribution in [-0.4, -0.2) is 107 Å². The Hall–Kier alpha value is -3.92. The fourth-order valence-corrected chi connectivity index (χ4v) is 5.43. The zero-order valence-electron chi connectivity index (χ0n) is 26.7. The summed E-state index contributed by atoms with van der Waals surface area (Å²) in [5, 5.41) is 33.4. The molecule has 2 aliphatic rings. The molecule has 3 rings (SSSR count). The minimum Gasteiger partial charge on any atom is -0.390 e. The SMILES string of the molecule is COCC(=O)N[C@@H](C(=O)N1NCCC[C@H]1C(=O)N[C@@H](Cc1ccccc1)[C@@H](O)[C@H](C)C(=O)N[C@H]1CCC(=O)NC1=O)[C@H](O)C(C)C. The van der Waals surface area contributed by atoms with E-state index in [1.54, 1.807) is 38.1 Å². The maximum atomic E-state index is 13.8. The standard InChI is InChI=1S/C31H46N6O9/c1-17(2)26(40)25(35-24(39)16-46-4)31(45)37-22(11-8-14-32-37)30(44)34-21(15-19-9-6-5-7-10-19)27(41)18(3)28(42)33-20-12-13-23(38)36-29(20)43/h5-7,9-10,17-18,20-22,25-27,32,40-41H,8,11-16H2,1-4H3,(H,33,42)(H,34,44)(H,35,39)(H,36,38,43)/t18-,20-,21-,22-,25+,26+,27-/m0/s1. The van der Waals surface area contributed by atoms with Crippen LogP contribution < -0.4 is 26.7 Å². The second kappa shape index (κ2) is 17.1. The molecule has 2 aliphatic heterocycles. The minimum absolute atomic E-state index is 0.0655. The Morgan fingerprint density at radius 3 is 2.35 bits per heavy atom. The van der Waals surface area contributed by atoms with E-state index in [1.165, 1.54) is 14.0 Å². The molecule has 1 aromatic carbocycles. The van der Waals surface area contributed by atoms with Gasteiger partial charge >= 0.3 is 0 Å². The average molecular weight is 647 g/mol. The number of nitrogens with zero attached hydrogens (tertiary/aromatic N) is 1. The summed E-state index contributed by atoms with van der Waals surface area (Å²) in [6.45, 7) is 4.87. The van der Waals surface area contributed by atoms with Crippen LogP contribution >= 0.6 is 0 Å². The van der Waals surface area contributed by atoms with Gasteiger partial charge in [0.15, 0.2) is 0 Å². The van der Waals surface area contributed by atoms with Gasteiger partial charge in [-0.3, -0.25) is 39.1 Å². The van der Waals surface area contributed by atoms with Crippen molar-refractivity contribution in [1.29, 1.82) is 0 Å². The molecule has 0 aromatic heterocycles. The fourth-order valence-electron chi connectivity index (χ4n) is 5.43. The molecular weight excluding hydrogens is 600 g/mol. The Morgan fingerprint density at radius 2 is 1.72 bits per heavy atom. The van der Waals surface area contributed by atoms with Crippen LogP contribution in [-0.2, 0) is 39.9 Å². The summed E-state index contributed by atoms with van der Waals surface area (Å²) in [5.41, 5.74) is 3.68. The Kier molecular flexibility index (Phi) is 13.6. The van der Waals surface area contributed by atoms with Crippen LogP contribution in [0.3, 0.4) is 0 Å². The molecule has 254 valence electrons. The van der Waals surface area contributed by atoms with Gasteiger partial charge in [0.2, 0.25) is 29.5 Å². The number of carbonyl (C=O) groups is 6. The molecule has 15 heteroatoms. The molecule has 0 aliphatic carbocycles. The van der Waals surface area contributed by atoms with Gasteiger partial charge in [-0.15, -0.1) is 0 Å². The number of rotatable bonds is 14. The molecule has 7 atom stereocenters. The van der Waals surface area contributed by atoms with Gasteiger partial charge in [-0.25, -0.2) is 5.43 Å². The Balaban J connectivity index is 1.81. The number of aliphatic hydroxyl groups is 2. The summed E-state index contributed by atoms with van der Waals surface area (Å²) in [4.78, 5) is 76.7. The summed E-state index contributed by atoms with van der Waals surface area (Å²) < 4.78 is 4.85. The second-order valence-electron chi connectivity index (χ2n) is 12.1. The van der Waals surface area contributed by atoms with Crippen LogP contribution in [0.25, 0.3) is 0 Å². The molecule has 0 saturated carbocycles. The zero-order chi connectivity index (χ0) is 34.0. The molecule has 15 nitrogen and oxygen atoms in total. The van der Waals surface area contributed by atoms with E-state index in [0.29, 0.717) is 13.0 Å². The van der Waals surface area contributed by atoms with Crippen molar-refractivity contribution >= 4 is 35.4 Å². The van der Waals surface area contributed by atoms with E-state index < -0.39 is 83.7 Å². The third-order valence-corrected chi connectivity index (χ3v) is 8.19. The number of nitrogens with one attached hydrogen (secondary N) is 5. The molecule has 46 heavy (non-hydrogen) atoms. The van der Waals surface area contributed by atoms with Crippen molar-refractivity contribution in [2.45, 2.75) is 89.3 Å².